The van der Waals surface area contributed by atoms with Gasteiger partial charge in [0.15, 0.2) is 46.5 Å². The summed E-state index contributed by atoms with van der Waals surface area (Å²) < 4.78 is 181. The van der Waals surface area contributed by atoms with Gasteiger partial charge in [-0.2, -0.15) is 21.9 Å². The summed E-state index contributed by atoms with van der Waals surface area (Å²) in [4.78, 5) is 0. The Hall–Kier alpha value is -5.50. The van der Waals surface area contributed by atoms with E-state index >= 15 is 35.1 Å². The first-order valence-electron chi connectivity index (χ1n) is 19.0. The van der Waals surface area contributed by atoms with E-state index in [1.807, 2.05) is 0 Å². The van der Waals surface area contributed by atoms with Gasteiger partial charge < -0.3 is 5.32 Å². The van der Waals surface area contributed by atoms with Crippen molar-refractivity contribution in [3.63, 3.8) is 0 Å². The van der Waals surface area contributed by atoms with E-state index in [4.69, 9.17) is 0 Å². The molecular formula is C46H40BF12N. The van der Waals surface area contributed by atoms with Crippen molar-refractivity contribution in [1.29, 1.82) is 0 Å². The number of halogens is 12. The number of benzene rings is 6. The van der Waals surface area contributed by atoms with Crippen molar-refractivity contribution < 1.29 is 58.0 Å². The summed E-state index contributed by atoms with van der Waals surface area (Å²) in [5.41, 5.74) is -4.01. The highest BCUT2D eigenvalue weighted by molar-refractivity contribution is 7.20. The third-order valence-electron chi connectivity index (χ3n) is 11.3. The molecule has 0 spiro atoms. The standard InChI is InChI=1S/C28H16BF12.C18H23N/c1-9-21(13(30)5-17(34)25(9)38)29(22-10(2)26(39)18(35)6-14(22)31,23-11(3)27(40)19(36)7-15(23)32)24-12(4)28(41)20(37)8-16(24)33;1-3-15-9-5-7-11-17(15)13-19-14-18-12-8-6-10-16(18)4-2/h5-8H,1-4H3;5-12,19H,3-4,13-14H2,1-2H3/q-1;/p+1. The highest BCUT2D eigenvalue weighted by atomic mass is 19.2. The number of hydrogen-bond acceptors (Lipinski definition) is 0. The summed E-state index contributed by atoms with van der Waals surface area (Å²) in [6, 6.07) is 17.0. The molecule has 6 rings (SSSR count). The average Bonchev–Trinajstić information content (AvgIpc) is 3.20. The lowest BCUT2D eigenvalue weighted by atomic mass is 9.11. The maximum atomic E-state index is 15.9. The van der Waals surface area contributed by atoms with Crippen molar-refractivity contribution in [2.24, 2.45) is 0 Å². The van der Waals surface area contributed by atoms with Crippen LogP contribution in [0.1, 0.15) is 58.4 Å². The minimum atomic E-state index is -4.68. The Morgan fingerprint density at radius 3 is 0.833 bits per heavy atom. The molecular weight excluding hydrogens is 805 g/mol. The van der Waals surface area contributed by atoms with Crippen LogP contribution in [0.15, 0.2) is 72.8 Å². The molecule has 0 atom stereocenters. The van der Waals surface area contributed by atoms with Crippen molar-refractivity contribution in [1.82, 2.24) is 0 Å². The average molecular weight is 846 g/mol. The van der Waals surface area contributed by atoms with Gasteiger partial charge in [-0.05, 0) is 73.9 Å². The summed E-state index contributed by atoms with van der Waals surface area (Å²) >= 11 is 0. The van der Waals surface area contributed by atoms with Crippen LogP contribution in [0.4, 0.5) is 52.7 Å². The van der Waals surface area contributed by atoms with Gasteiger partial charge in [-0.25, -0.2) is 52.7 Å². The molecule has 0 aliphatic heterocycles. The predicted molar refractivity (Wildman–Crippen MR) is 209 cm³/mol. The summed E-state index contributed by atoms with van der Waals surface area (Å²) in [5, 5.41) is 2.41. The van der Waals surface area contributed by atoms with E-state index in [0.717, 1.165) is 25.9 Å². The number of quaternary nitrogens is 1. The molecule has 0 unspecified atom stereocenters. The molecule has 6 aromatic carbocycles. The van der Waals surface area contributed by atoms with Crippen molar-refractivity contribution in [3.8, 4) is 0 Å². The second kappa shape index (κ2) is 18.4. The Kier molecular flexibility index (Phi) is 14.0. The number of hydrogen-bond donors (Lipinski definition) is 1. The predicted octanol–water partition coefficient (Wildman–Crippen LogP) is 9.04. The minimum absolute atomic E-state index is 0.123. The summed E-state index contributed by atoms with van der Waals surface area (Å²) in [6.45, 7) is 9.27. The maximum Gasteiger partial charge on any atom is 0.161 e. The SMILES string of the molecule is CCc1ccccc1C[NH2+]Cc1ccccc1CC.Cc1c(F)c(F)cc(F)c1[B-](c1c(F)cc(F)c(F)c1C)(c1c(F)cc(F)c(F)c1C)c1c(F)cc(F)c(F)c1C. The van der Waals surface area contributed by atoms with Crippen LogP contribution in [0.2, 0.25) is 0 Å². The van der Waals surface area contributed by atoms with Crippen LogP contribution >= 0.6 is 0 Å². The van der Waals surface area contributed by atoms with Gasteiger partial charge in [-0.1, -0.05) is 62.4 Å². The van der Waals surface area contributed by atoms with Crippen molar-refractivity contribution >= 4 is 28.0 Å². The van der Waals surface area contributed by atoms with E-state index in [1.54, 1.807) is 0 Å². The number of nitrogens with two attached hydrogens (primary N) is 1. The van der Waals surface area contributed by atoms with Crippen LogP contribution in [0.25, 0.3) is 0 Å². The molecule has 60 heavy (non-hydrogen) atoms. The first-order chi connectivity index (χ1) is 28.3. The molecule has 0 fully saturated rings. The fraction of sp³-hybridized carbons (Fsp3) is 0.217. The lowest BCUT2D eigenvalue weighted by Gasteiger charge is -2.48. The van der Waals surface area contributed by atoms with Crippen LogP contribution in [0.5, 0.6) is 0 Å². The zero-order chi connectivity index (χ0) is 44.4. The molecule has 0 aromatic heterocycles. The number of rotatable bonds is 10. The van der Waals surface area contributed by atoms with E-state index in [2.05, 4.69) is 67.7 Å². The Morgan fingerprint density at radius 2 is 0.600 bits per heavy atom. The van der Waals surface area contributed by atoms with Crippen LogP contribution in [0.3, 0.4) is 0 Å². The van der Waals surface area contributed by atoms with Gasteiger partial charge in [0.25, 0.3) is 0 Å². The van der Waals surface area contributed by atoms with E-state index < -0.39 is 120 Å². The van der Waals surface area contributed by atoms with Crippen molar-refractivity contribution in [3.05, 3.63) is 187 Å². The number of aryl methyl sites for hydroxylation is 2. The van der Waals surface area contributed by atoms with Crippen molar-refractivity contribution in [2.75, 3.05) is 0 Å². The van der Waals surface area contributed by atoms with E-state index in [1.165, 1.54) is 22.3 Å². The van der Waals surface area contributed by atoms with Gasteiger partial charge in [0.05, 0.1) is 23.3 Å². The third kappa shape index (κ3) is 8.18. The Balaban J connectivity index is 0.000000299. The van der Waals surface area contributed by atoms with E-state index in [0.29, 0.717) is 27.7 Å². The normalized spacial score (nSPS) is 11.5. The Labute approximate surface area is 340 Å². The molecule has 0 radical (unpaired) electrons. The lowest BCUT2D eigenvalue weighted by Crippen LogP contribution is -2.81. The smallest absolute Gasteiger partial charge is 0.161 e. The zero-order valence-electron chi connectivity index (χ0n) is 33.4. The summed E-state index contributed by atoms with van der Waals surface area (Å²) in [5.74, 6) is -22.3. The first-order valence-corrected chi connectivity index (χ1v) is 19.0. The molecule has 14 heteroatoms. The molecule has 316 valence electrons. The van der Waals surface area contributed by atoms with Crippen molar-refractivity contribution in [2.45, 2.75) is 67.5 Å². The molecule has 0 heterocycles. The molecule has 6 aromatic rings. The fourth-order valence-corrected chi connectivity index (χ4v) is 8.49. The van der Waals surface area contributed by atoms with E-state index in [-0.39, 0.29) is 24.3 Å². The second-order valence-corrected chi connectivity index (χ2v) is 14.6. The second-order valence-electron chi connectivity index (χ2n) is 14.6. The molecule has 2 N–H and O–H groups in total. The molecule has 0 saturated heterocycles. The minimum Gasteiger partial charge on any atom is -0.339 e. The van der Waals surface area contributed by atoms with Crippen LogP contribution in [0, 0.1) is 97.5 Å². The third-order valence-corrected chi connectivity index (χ3v) is 11.3. The van der Waals surface area contributed by atoms with Crippen LogP contribution in [-0.2, 0) is 25.9 Å². The fourth-order valence-electron chi connectivity index (χ4n) is 8.49. The highest BCUT2D eigenvalue weighted by Crippen LogP contribution is 2.28. The summed E-state index contributed by atoms with van der Waals surface area (Å²) in [6.07, 6.45) is -2.44. The van der Waals surface area contributed by atoms with Gasteiger partial charge in [0.2, 0.25) is 0 Å². The molecule has 0 aliphatic rings. The highest BCUT2D eigenvalue weighted by Gasteiger charge is 2.46. The Morgan fingerprint density at radius 1 is 0.367 bits per heavy atom. The topological polar surface area (TPSA) is 16.6 Å². The molecule has 0 amide bonds. The van der Waals surface area contributed by atoms with Gasteiger partial charge in [0, 0.05) is 35.4 Å². The largest absolute Gasteiger partial charge is 0.339 e. The van der Waals surface area contributed by atoms with Crippen LogP contribution < -0.4 is 27.2 Å². The van der Waals surface area contributed by atoms with Gasteiger partial charge in [-0.3, -0.25) is 0 Å². The summed E-state index contributed by atoms with van der Waals surface area (Å²) in [7, 11) is 0. The molecule has 0 saturated carbocycles. The van der Waals surface area contributed by atoms with Crippen LogP contribution in [-0.4, -0.2) is 6.15 Å². The van der Waals surface area contributed by atoms with E-state index in [9.17, 15) is 17.6 Å². The van der Waals surface area contributed by atoms with Gasteiger partial charge in [-0.15, -0.1) is 0 Å². The lowest BCUT2D eigenvalue weighted by molar-refractivity contribution is -0.686. The van der Waals surface area contributed by atoms with Gasteiger partial charge >= 0.3 is 0 Å². The maximum absolute atomic E-state index is 15.9. The molecule has 0 bridgehead atoms. The quantitative estimate of drug-likeness (QED) is 0.0806. The first kappa shape index (κ1) is 45.6. The monoisotopic (exact) mass is 845 g/mol. The molecule has 1 nitrogen and oxygen atoms in total. The Bertz CT molecular complexity index is 2280. The van der Waals surface area contributed by atoms with Gasteiger partial charge in [0.1, 0.15) is 19.2 Å². The molecule has 0 aliphatic carbocycles. The zero-order valence-corrected chi connectivity index (χ0v) is 33.4.